The third kappa shape index (κ3) is 3.18. The van der Waals surface area contributed by atoms with E-state index in [9.17, 15) is 19.8 Å². The molecule has 0 aliphatic rings. The normalized spacial score (nSPS) is 14.1. The number of halogens is 1. The van der Waals surface area contributed by atoms with Crippen LogP contribution in [0.25, 0.3) is 0 Å². The maximum absolute atomic E-state index is 11.1. The number of ketones is 1. The highest BCUT2D eigenvalue weighted by molar-refractivity contribution is 6.30. The molecular formula is C11H11ClO5. The molecule has 0 saturated carbocycles. The molecule has 0 aliphatic heterocycles. The van der Waals surface area contributed by atoms with Gasteiger partial charge in [0.2, 0.25) is 0 Å². The van der Waals surface area contributed by atoms with Gasteiger partial charge in [0.1, 0.15) is 11.1 Å². The number of aliphatic hydroxyl groups is 1. The lowest BCUT2D eigenvalue weighted by atomic mass is 10.0. The molecule has 1 aromatic rings. The maximum Gasteiger partial charge on any atom is 0.337 e. The molecule has 0 spiro atoms. The zero-order valence-electron chi connectivity index (χ0n) is 8.92. The highest BCUT2D eigenvalue weighted by Gasteiger charge is 2.20. The van der Waals surface area contributed by atoms with Gasteiger partial charge in [0, 0.05) is 0 Å². The Kier molecular flexibility index (Phi) is 4.09. The van der Waals surface area contributed by atoms with E-state index in [1.165, 1.54) is 19.1 Å². The van der Waals surface area contributed by atoms with Crippen molar-refractivity contribution >= 4 is 23.4 Å². The predicted octanol–water partition coefficient (Wildman–Crippen LogP) is 1.38. The summed E-state index contributed by atoms with van der Waals surface area (Å²) in [4.78, 5) is 21.7. The monoisotopic (exact) mass is 258 g/mol. The summed E-state index contributed by atoms with van der Waals surface area (Å²) in [5.41, 5.74) is 0.217. The Bertz CT molecular complexity index is 419. The van der Waals surface area contributed by atoms with Crippen LogP contribution in [0.4, 0.5) is 0 Å². The number of carboxylic acid groups (broad SMARTS) is 1. The van der Waals surface area contributed by atoms with E-state index in [2.05, 4.69) is 0 Å². The number of benzene rings is 1. The van der Waals surface area contributed by atoms with Crippen LogP contribution in [0.1, 0.15) is 29.5 Å². The fraction of sp³-hybridized carbons (Fsp3) is 0.273. The van der Waals surface area contributed by atoms with Gasteiger partial charge < -0.3 is 15.3 Å². The number of aliphatic hydroxyl groups excluding tert-OH is 1. The number of phenolic OH excluding ortho intramolecular Hbond substituents is 1. The van der Waals surface area contributed by atoms with Crippen LogP contribution in [0.5, 0.6) is 5.75 Å². The lowest BCUT2D eigenvalue weighted by molar-refractivity contribution is -0.146. The van der Waals surface area contributed by atoms with Gasteiger partial charge in [-0.3, -0.25) is 4.79 Å². The van der Waals surface area contributed by atoms with Crippen molar-refractivity contribution in [1.82, 2.24) is 0 Å². The first-order valence-electron chi connectivity index (χ1n) is 4.72. The first-order chi connectivity index (χ1) is 7.82. The molecule has 0 aliphatic carbocycles. The smallest absolute Gasteiger partial charge is 0.337 e. The van der Waals surface area contributed by atoms with E-state index in [1.807, 2.05) is 0 Å². The standard InChI is InChI=1S/C11H11ClO5/c1-5(13)9(12)6-2-7(4-8(14)3-6)10(15)11(16)17/h2-4,9-10,14-15H,1H3,(H,16,17). The summed E-state index contributed by atoms with van der Waals surface area (Å²) in [7, 11) is 0. The Hall–Kier alpha value is -1.59. The molecule has 17 heavy (non-hydrogen) atoms. The van der Waals surface area contributed by atoms with Crippen LogP contribution in [-0.2, 0) is 9.59 Å². The fourth-order valence-electron chi connectivity index (χ4n) is 1.34. The van der Waals surface area contributed by atoms with Crippen LogP contribution >= 0.6 is 11.6 Å². The summed E-state index contributed by atoms with van der Waals surface area (Å²) in [5.74, 6) is -2.05. The molecular weight excluding hydrogens is 248 g/mol. The lowest BCUT2D eigenvalue weighted by Crippen LogP contribution is -2.11. The summed E-state index contributed by atoms with van der Waals surface area (Å²) in [6.07, 6.45) is -1.77. The molecule has 92 valence electrons. The van der Waals surface area contributed by atoms with Gasteiger partial charge in [-0.25, -0.2) is 4.79 Å². The van der Waals surface area contributed by atoms with Crippen LogP contribution in [0.2, 0.25) is 0 Å². The van der Waals surface area contributed by atoms with Crippen molar-refractivity contribution in [1.29, 1.82) is 0 Å². The molecule has 3 N–H and O–H groups in total. The number of aliphatic carboxylic acids is 1. The summed E-state index contributed by atoms with van der Waals surface area (Å²) in [5, 5.41) is 26.4. The summed E-state index contributed by atoms with van der Waals surface area (Å²) >= 11 is 5.78. The summed E-state index contributed by atoms with van der Waals surface area (Å²) in [6.45, 7) is 1.27. The molecule has 0 radical (unpaired) electrons. The third-order valence-electron chi connectivity index (χ3n) is 2.16. The minimum atomic E-state index is -1.77. The number of hydrogen-bond donors (Lipinski definition) is 3. The largest absolute Gasteiger partial charge is 0.508 e. The minimum Gasteiger partial charge on any atom is -0.508 e. The van der Waals surface area contributed by atoms with Crippen molar-refractivity contribution in [2.75, 3.05) is 0 Å². The second-order valence-electron chi connectivity index (χ2n) is 3.57. The topological polar surface area (TPSA) is 94.8 Å². The van der Waals surface area contributed by atoms with Crippen LogP contribution in [0, 0.1) is 0 Å². The number of alkyl halides is 1. The second kappa shape index (κ2) is 5.16. The number of Topliss-reactive ketones (excluding diaryl/α,β-unsaturated/α-hetero) is 1. The van der Waals surface area contributed by atoms with Crippen molar-refractivity contribution in [3.63, 3.8) is 0 Å². The van der Waals surface area contributed by atoms with E-state index in [1.54, 1.807) is 0 Å². The van der Waals surface area contributed by atoms with Crippen molar-refractivity contribution in [2.45, 2.75) is 18.4 Å². The van der Waals surface area contributed by atoms with E-state index in [0.29, 0.717) is 0 Å². The molecule has 0 amide bonds. The Balaban J connectivity index is 3.19. The molecule has 2 atom stereocenters. The number of phenols is 1. The molecule has 0 saturated heterocycles. The average Bonchev–Trinajstić information content (AvgIpc) is 2.25. The van der Waals surface area contributed by atoms with Gasteiger partial charge in [-0.05, 0) is 30.2 Å². The molecule has 0 aromatic heterocycles. The van der Waals surface area contributed by atoms with Gasteiger partial charge in [-0.2, -0.15) is 0 Å². The highest BCUT2D eigenvalue weighted by Crippen LogP contribution is 2.28. The van der Waals surface area contributed by atoms with Gasteiger partial charge in [0.05, 0.1) is 0 Å². The van der Waals surface area contributed by atoms with Crippen LogP contribution < -0.4 is 0 Å². The number of carbonyl (C=O) groups excluding carboxylic acids is 1. The molecule has 0 bridgehead atoms. The SMILES string of the molecule is CC(=O)C(Cl)c1cc(O)cc(C(O)C(=O)O)c1. The van der Waals surface area contributed by atoms with Gasteiger partial charge in [-0.15, -0.1) is 11.6 Å². The summed E-state index contributed by atoms with van der Waals surface area (Å²) < 4.78 is 0. The van der Waals surface area contributed by atoms with E-state index in [0.717, 1.165) is 6.07 Å². The average molecular weight is 259 g/mol. The van der Waals surface area contributed by atoms with Crippen LogP contribution in [0.15, 0.2) is 18.2 Å². The first kappa shape index (κ1) is 13.5. The van der Waals surface area contributed by atoms with Crippen molar-refractivity contribution in [3.05, 3.63) is 29.3 Å². The number of carbonyl (C=O) groups is 2. The Morgan fingerprint density at radius 2 is 1.76 bits per heavy atom. The molecule has 0 fully saturated rings. The van der Waals surface area contributed by atoms with Gasteiger partial charge in [0.25, 0.3) is 0 Å². The maximum atomic E-state index is 11.1. The van der Waals surface area contributed by atoms with E-state index in [4.69, 9.17) is 16.7 Å². The number of rotatable bonds is 4. The van der Waals surface area contributed by atoms with Gasteiger partial charge in [-0.1, -0.05) is 6.07 Å². The molecule has 1 rings (SSSR count). The molecule has 2 unspecified atom stereocenters. The molecule has 6 heteroatoms. The zero-order valence-corrected chi connectivity index (χ0v) is 9.68. The molecule has 5 nitrogen and oxygen atoms in total. The molecule has 0 heterocycles. The predicted molar refractivity (Wildman–Crippen MR) is 60.0 cm³/mol. The van der Waals surface area contributed by atoms with E-state index in [-0.39, 0.29) is 22.7 Å². The Labute approximate surface area is 102 Å². The fourth-order valence-corrected chi connectivity index (χ4v) is 1.47. The van der Waals surface area contributed by atoms with Crippen LogP contribution in [-0.4, -0.2) is 27.1 Å². The van der Waals surface area contributed by atoms with Crippen molar-refractivity contribution < 1.29 is 24.9 Å². The van der Waals surface area contributed by atoms with E-state index >= 15 is 0 Å². The van der Waals surface area contributed by atoms with Crippen molar-refractivity contribution in [2.24, 2.45) is 0 Å². The number of carboxylic acids is 1. The second-order valence-corrected chi connectivity index (χ2v) is 4.01. The first-order valence-corrected chi connectivity index (χ1v) is 5.16. The van der Waals surface area contributed by atoms with Crippen LogP contribution in [0.3, 0.4) is 0 Å². The zero-order chi connectivity index (χ0) is 13.2. The lowest BCUT2D eigenvalue weighted by Gasteiger charge is -2.11. The number of hydrogen-bond acceptors (Lipinski definition) is 4. The Morgan fingerprint density at radius 3 is 2.24 bits per heavy atom. The van der Waals surface area contributed by atoms with Crippen molar-refractivity contribution in [3.8, 4) is 5.75 Å². The number of aromatic hydroxyl groups is 1. The minimum absolute atomic E-state index is 0.0283. The molecule has 1 aromatic carbocycles. The Morgan fingerprint density at radius 1 is 1.24 bits per heavy atom. The quantitative estimate of drug-likeness (QED) is 0.709. The third-order valence-corrected chi connectivity index (χ3v) is 2.72. The van der Waals surface area contributed by atoms with E-state index < -0.39 is 17.5 Å². The van der Waals surface area contributed by atoms with Gasteiger partial charge in [0.15, 0.2) is 11.9 Å². The highest BCUT2D eigenvalue weighted by atomic mass is 35.5. The van der Waals surface area contributed by atoms with Gasteiger partial charge >= 0.3 is 5.97 Å². The summed E-state index contributed by atoms with van der Waals surface area (Å²) in [6, 6.07) is 3.63.